The van der Waals surface area contributed by atoms with E-state index in [1.165, 1.54) is 0 Å². The Balaban J connectivity index is 1.16. The van der Waals surface area contributed by atoms with Gasteiger partial charge in [0.05, 0.1) is 42.9 Å². The maximum absolute atomic E-state index is 12.7. The number of nitrogens with two attached hydrogens (primary N) is 1. The summed E-state index contributed by atoms with van der Waals surface area (Å²) in [6.45, 7) is 12.3. The number of urea groups is 1. The van der Waals surface area contributed by atoms with E-state index in [-0.39, 0.29) is 6.03 Å². The number of likely N-dealkylation sites (tertiary alicyclic amines) is 1. The predicted molar refractivity (Wildman–Crippen MR) is 142 cm³/mol. The van der Waals surface area contributed by atoms with Crippen LogP contribution in [0.1, 0.15) is 40.0 Å². The summed E-state index contributed by atoms with van der Waals surface area (Å²) in [6, 6.07) is 6.33. The van der Waals surface area contributed by atoms with Crippen molar-refractivity contribution in [2.24, 2.45) is 17.6 Å². The van der Waals surface area contributed by atoms with Crippen molar-refractivity contribution in [2.45, 2.75) is 45.8 Å². The molecule has 0 radical (unpaired) electrons. The van der Waals surface area contributed by atoms with E-state index in [0.717, 1.165) is 66.9 Å². The molecule has 36 heavy (non-hydrogen) atoms. The van der Waals surface area contributed by atoms with E-state index in [1.54, 1.807) is 0 Å². The lowest BCUT2D eigenvalue weighted by molar-refractivity contribution is 0.0396. The Hall–Kier alpha value is -2.78. The summed E-state index contributed by atoms with van der Waals surface area (Å²) in [6.07, 6.45) is 4.93. The number of pyridine rings is 1. The van der Waals surface area contributed by atoms with E-state index < -0.39 is 5.79 Å². The summed E-state index contributed by atoms with van der Waals surface area (Å²) >= 11 is 0. The van der Waals surface area contributed by atoms with Crippen LogP contribution in [0, 0.1) is 11.8 Å². The van der Waals surface area contributed by atoms with E-state index >= 15 is 0 Å². The number of benzene rings is 1. The summed E-state index contributed by atoms with van der Waals surface area (Å²) in [5, 5.41) is 4.50. The van der Waals surface area contributed by atoms with Crippen LogP contribution in [0.15, 0.2) is 24.4 Å². The molecule has 3 aliphatic rings. The number of amides is 2. The second-order valence-corrected chi connectivity index (χ2v) is 10.9. The number of nitrogens with zero attached hydrogens (tertiary/aromatic N) is 4. The second-order valence-electron chi connectivity index (χ2n) is 10.9. The first kappa shape index (κ1) is 24.9. The topological polar surface area (TPSA) is 96.2 Å². The van der Waals surface area contributed by atoms with Crippen LogP contribution in [-0.2, 0) is 4.74 Å². The third-order valence-electron chi connectivity index (χ3n) is 7.54. The van der Waals surface area contributed by atoms with Gasteiger partial charge in [-0.3, -0.25) is 10.7 Å². The van der Waals surface area contributed by atoms with Crippen molar-refractivity contribution in [3.63, 3.8) is 0 Å². The zero-order valence-corrected chi connectivity index (χ0v) is 21.8. The number of hydrogen-bond acceptors (Lipinski definition) is 7. The van der Waals surface area contributed by atoms with Crippen LogP contribution < -0.4 is 20.7 Å². The molecular weight excluding hydrogens is 456 g/mol. The molecule has 9 heteroatoms. The van der Waals surface area contributed by atoms with Crippen LogP contribution in [-0.4, -0.2) is 79.1 Å². The molecule has 2 aromatic rings. The molecule has 4 heterocycles. The number of carbonyl (C=O) groups excluding carboxylic acids is 1. The number of morpholine rings is 1. The zero-order valence-electron chi connectivity index (χ0n) is 21.8. The van der Waals surface area contributed by atoms with Crippen LogP contribution in [0.25, 0.3) is 10.9 Å². The van der Waals surface area contributed by atoms with Gasteiger partial charge in [0.1, 0.15) is 5.75 Å². The fourth-order valence-corrected chi connectivity index (χ4v) is 5.56. The van der Waals surface area contributed by atoms with Crippen molar-refractivity contribution >= 4 is 28.3 Å². The minimum absolute atomic E-state index is 0.167. The Bertz CT molecular complexity index is 1080. The summed E-state index contributed by atoms with van der Waals surface area (Å²) in [4.78, 5) is 23.5. The van der Waals surface area contributed by atoms with Gasteiger partial charge in [-0.25, -0.2) is 4.79 Å². The predicted octanol–water partition coefficient (Wildman–Crippen LogP) is 3.69. The molecule has 1 atom stereocenters. The Labute approximate surface area is 213 Å². The first-order valence-corrected chi connectivity index (χ1v) is 13.3. The molecule has 2 fully saturated rings. The average molecular weight is 497 g/mol. The molecule has 3 aliphatic heterocycles. The standard InChI is InChI=1S/C27H40N6O3/c1-19(2)18-33-25-22-5-4-21(16-23(22)29-17-24(25)30-27(33,3)28)36-13-8-20-6-9-31(10-7-20)26(34)32-11-14-35-15-12-32/h4-5,16-17,19-20,30H,6-15,18,28H2,1-3H3. The molecule has 3 N–H and O–H groups in total. The summed E-state index contributed by atoms with van der Waals surface area (Å²) in [7, 11) is 0. The second kappa shape index (κ2) is 10.3. The third kappa shape index (κ3) is 5.18. The molecule has 0 saturated carbocycles. The van der Waals surface area contributed by atoms with Crippen molar-refractivity contribution in [1.82, 2.24) is 14.8 Å². The van der Waals surface area contributed by atoms with Crippen LogP contribution in [0.4, 0.5) is 16.2 Å². The molecule has 9 nitrogen and oxygen atoms in total. The molecule has 1 aromatic heterocycles. The number of anilines is 2. The van der Waals surface area contributed by atoms with Crippen molar-refractivity contribution in [1.29, 1.82) is 0 Å². The van der Waals surface area contributed by atoms with Crippen LogP contribution in [0.2, 0.25) is 0 Å². The molecule has 2 amide bonds. The first-order chi connectivity index (χ1) is 17.3. The highest BCUT2D eigenvalue weighted by molar-refractivity contribution is 6.01. The molecule has 1 unspecified atom stereocenters. The van der Waals surface area contributed by atoms with E-state index in [2.05, 4.69) is 35.1 Å². The lowest BCUT2D eigenvalue weighted by atomic mass is 9.94. The van der Waals surface area contributed by atoms with E-state index in [1.807, 2.05) is 35.1 Å². The van der Waals surface area contributed by atoms with E-state index in [0.29, 0.717) is 44.7 Å². The number of nitrogens with one attached hydrogen (secondary N) is 1. The van der Waals surface area contributed by atoms with Gasteiger partial charge in [-0.15, -0.1) is 0 Å². The van der Waals surface area contributed by atoms with E-state index in [9.17, 15) is 4.79 Å². The van der Waals surface area contributed by atoms with Crippen molar-refractivity contribution in [3.05, 3.63) is 24.4 Å². The lowest BCUT2D eigenvalue weighted by Crippen LogP contribution is -2.57. The van der Waals surface area contributed by atoms with Gasteiger partial charge in [-0.05, 0) is 50.2 Å². The average Bonchev–Trinajstić information content (AvgIpc) is 3.13. The van der Waals surface area contributed by atoms with Gasteiger partial charge in [-0.1, -0.05) is 13.8 Å². The molecule has 0 aliphatic carbocycles. The lowest BCUT2D eigenvalue weighted by Gasteiger charge is -2.37. The van der Waals surface area contributed by atoms with E-state index in [4.69, 9.17) is 15.2 Å². The zero-order chi connectivity index (χ0) is 25.3. The van der Waals surface area contributed by atoms with Gasteiger partial charge in [0, 0.05) is 44.2 Å². The Morgan fingerprint density at radius 3 is 2.67 bits per heavy atom. The van der Waals surface area contributed by atoms with Gasteiger partial charge in [-0.2, -0.15) is 0 Å². The van der Waals surface area contributed by atoms with Gasteiger partial charge in [0.25, 0.3) is 0 Å². The summed E-state index contributed by atoms with van der Waals surface area (Å²) < 4.78 is 11.5. The molecular formula is C27H40N6O3. The highest BCUT2D eigenvalue weighted by Gasteiger charge is 2.38. The van der Waals surface area contributed by atoms with Gasteiger partial charge < -0.3 is 29.5 Å². The fourth-order valence-electron chi connectivity index (χ4n) is 5.56. The van der Waals surface area contributed by atoms with Crippen molar-refractivity contribution in [3.8, 4) is 5.75 Å². The number of fused-ring (bicyclic) bond motifs is 3. The van der Waals surface area contributed by atoms with Crippen molar-refractivity contribution in [2.75, 3.05) is 62.8 Å². The smallest absolute Gasteiger partial charge is 0.320 e. The molecule has 2 saturated heterocycles. The van der Waals surface area contributed by atoms with Crippen LogP contribution in [0.5, 0.6) is 5.75 Å². The molecule has 0 spiro atoms. The maximum Gasteiger partial charge on any atom is 0.320 e. The number of ether oxygens (including phenoxy) is 2. The number of carbonyl (C=O) groups is 1. The number of rotatable bonds is 6. The normalized spacial score (nSPS) is 22.8. The third-order valence-corrected chi connectivity index (χ3v) is 7.54. The molecule has 0 bridgehead atoms. The van der Waals surface area contributed by atoms with Gasteiger partial charge in [0.15, 0.2) is 5.79 Å². The Morgan fingerprint density at radius 1 is 1.22 bits per heavy atom. The van der Waals surface area contributed by atoms with Crippen LogP contribution >= 0.6 is 0 Å². The highest BCUT2D eigenvalue weighted by atomic mass is 16.5. The maximum atomic E-state index is 12.7. The largest absolute Gasteiger partial charge is 0.494 e. The van der Waals surface area contributed by atoms with Crippen molar-refractivity contribution < 1.29 is 14.3 Å². The fraction of sp³-hybridized carbons (Fsp3) is 0.630. The molecule has 1 aromatic carbocycles. The number of piperidine rings is 1. The van der Waals surface area contributed by atoms with Gasteiger partial charge >= 0.3 is 6.03 Å². The highest BCUT2D eigenvalue weighted by Crippen LogP contribution is 2.43. The van der Waals surface area contributed by atoms with Gasteiger partial charge in [0.2, 0.25) is 0 Å². The monoisotopic (exact) mass is 496 g/mol. The van der Waals surface area contributed by atoms with Crippen LogP contribution in [0.3, 0.4) is 0 Å². The minimum Gasteiger partial charge on any atom is -0.494 e. The number of hydrogen-bond donors (Lipinski definition) is 2. The quantitative estimate of drug-likeness (QED) is 0.630. The number of aromatic nitrogens is 1. The first-order valence-electron chi connectivity index (χ1n) is 13.3. The Kier molecular flexibility index (Phi) is 7.12. The summed E-state index contributed by atoms with van der Waals surface area (Å²) in [5.74, 6) is 1.26. The SMILES string of the molecule is CC(C)CN1c2c(cnc3cc(OCCC4CCN(C(=O)N5CCOCC5)CC4)ccc23)NC1(C)N. The summed E-state index contributed by atoms with van der Waals surface area (Å²) in [5.41, 5.74) is 9.57. The molecule has 5 rings (SSSR count). The minimum atomic E-state index is -0.639. The molecule has 196 valence electrons. The Morgan fingerprint density at radius 2 is 1.94 bits per heavy atom.